The Hall–Kier alpha value is -3.36. The lowest BCUT2D eigenvalue weighted by Crippen LogP contribution is -2.09. The summed E-state index contributed by atoms with van der Waals surface area (Å²) in [7, 11) is 0. The number of rotatable bonds is 3. The molecule has 9 heteroatoms. The SMILES string of the molecule is Cc1ccc([N+](=O)[O-])cc1-n1nc(-c2ccccc2C(F)(F)F)c2c1NCC2. The van der Waals surface area contributed by atoms with Gasteiger partial charge in [-0.15, -0.1) is 0 Å². The zero-order valence-electron chi connectivity index (χ0n) is 14.7. The number of hydrogen-bond donors (Lipinski definition) is 1. The molecule has 0 saturated carbocycles. The Morgan fingerprint density at radius 3 is 2.68 bits per heavy atom. The van der Waals surface area contributed by atoms with Crippen molar-refractivity contribution >= 4 is 11.5 Å². The van der Waals surface area contributed by atoms with Crippen molar-refractivity contribution in [1.82, 2.24) is 9.78 Å². The Balaban J connectivity index is 1.95. The van der Waals surface area contributed by atoms with E-state index in [0.717, 1.165) is 11.6 Å². The summed E-state index contributed by atoms with van der Waals surface area (Å²) in [4.78, 5) is 10.6. The van der Waals surface area contributed by atoms with E-state index >= 15 is 0 Å². The number of nitro groups is 1. The molecule has 1 N–H and O–H groups in total. The molecule has 0 atom stereocenters. The first-order valence-corrected chi connectivity index (χ1v) is 8.55. The van der Waals surface area contributed by atoms with Crippen molar-refractivity contribution in [3.05, 3.63) is 69.3 Å². The Labute approximate surface area is 157 Å². The van der Waals surface area contributed by atoms with E-state index in [1.165, 1.54) is 35.0 Å². The maximum atomic E-state index is 13.5. The van der Waals surface area contributed by atoms with Crippen LogP contribution in [0, 0.1) is 17.0 Å². The van der Waals surface area contributed by atoms with Crippen molar-refractivity contribution in [3.63, 3.8) is 0 Å². The fraction of sp³-hybridized carbons (Fsp3) is 0.211. The highest BCUT2D eigenvalue weighted by molar-refractivity contribution is 5.75. The maximum Gasteiger partial charge on any atom is 0.417 e. The van der Waals surface area contributed by atoms with Crippen molar-refractivity contribution in [2.24, 2.45) is 0 Å². The maximum absolute atomic E-state index is 13.5. The average Bonchev–Trinajstić information content (AvgIpc) is 3.24. The second-order valence-corrected chi connectivity index (χ2v) is 6.54. The molecule has 4 rings (SSSR count). The van der Waals surface area contributed by atoms with Gasteiger partial charge in [-0.25, -0.2) is 4.68 Å². The third-order valence-electron chi connectivity index (χ3n) is 4.77. The summed E-state index contributed by atoms with van der Waals surface area (Å²) in [6.45, 7) is 2.33. The third kappa shape index (κ3) is 2.88. The Bertz CT molecular complexity index is 1090. The van der Waals surface area contributed by atoms with Crippen LogP contribution in [0.1, 0.15) is 16.7 Å². The molecule has 0 spiro atoms. The van der Waals surface area contributed by atoms with Gasteiger partial charge in [-0.1, -0.05) is 24.3 Å². The first-order chi connectivity index (χ1) is 13.3. The number of alkyl halides is 3. The number of non-ortho nitro benzene ring substituents is 1. The second-order valence-electron chi connectivity index (χ2n) is 6.54. The van der Waals surface area contributed by atoms with Gasteiger partial charge in [0.2, 0.25) is 0 Å². The Morgan fingerprint density at radius 2 is 1.96 bits per heavy atom. The normalized spacial score (nSPS) is 13.3. The highest BCUT2D eigenvalue weighted by atomic mass is 19.4. The monoisotopic (exact) mass is 388 g/mol. The fourth-order valence-electron chi connectivity index (χ4n) is 3.44. The number of aryl methyl sites for hydroxylation is 1. The van der Waals surface area contributed by atoms with Gasteiger partial charge >= 0.3 is 6.18 Å². The van der Waals surface area contributed by atoms with Gasteiger partial charge in [-0.2, -0.15) is 18.3 Å². The van der Waals surface area contributed by atoms with Crippen molar-refractivity contribution in [2.75, 3.05) is 11.9 Å². The predicted molar refractivity (Wildman–Crippen MR) is 97.6 cm³/mol. The molecule has 144 valence electrons. The molecule has 1 aliphatic rings. The Morgan fingerprint density at radius 1 is 1.21 bits per heavy atom. The van der Waals surface area contributed by atoms with Crippen LogP contribution in [0.5, 0.6) is 0 Å². The van der Waals surface area contributed by atoms with Gasteiger partial charge in [0, 0.05) is 29.8 Å². The zero-order valence-corrected chi connectivity index (χ0v) is 14.7. The minimum Gasteiger partial charge on any atom is -0.369 e. The van der Waals surface area contributed by atoms with Crippen LogP contribution >= 0.6 is 0 Å². The van der Waals surface area contributed by atoms with Gasteiger partial charge < -0.3 is 5.32 Å². The molecule has 0 bridgehead atoms. The van der Waals surface area contributed by atoms with Crippen LogP contribution in [0.25, 0.3) is 16.9 Å². The van der Waals surface area contributed by atoms with E-state index in [4.69, 9.17) is 0 Å². The molecular weight excluding hydrogens is 373 g/mol. The molecule has 28 heavy (non-hydrogen) atoms. The smallest absolute Gasteiger partial charge is 0.369 e. The van der Waals surface area contributed by atoms with Crippen LogP contribution in [-0.2, 0) is 12.6 Å². The highest BCUT2D eigenvalue weighted by Crippen LogP contribution is 2.41. The number of halogens is 3. The minimum absolute atomic E-state index is 0.00298. The molecule has 0 saturated heterocycles. The molecule has 2 heterocycles. The molecule has 1 aliphatic heterocycles. The molecule has 0 aliphatic carbocycles. The first-order valence-electron chi connectivity index (χ1n) is 8.55. The number of fused-ring (bicyclic) bond motifs is 1. The standard InChI is InChI=1S/C19H15F3N4O2/c1-11-6-7-12(26(27)28)10-16(11)25-18-14(8-9-23-18)17(24-25)13-4-2-3-5-15(13)19(20,21)22/h2-7,10,23H,8-9H2,1H3. The number of anilines is 1. The lowest BCUT2D eigenvalue weighted by Gasteiger charge is -2.12. The summed E-state index contributed by atoms with van der Waals surface area (Å²) in [6.07, 6.45) is -3.99. The van der Waals surface area contributed by atoms with E-state index in [2.05, 4.69) is 10.4 Å². The summed E-state index contributed by atoms with van der Waals surface area (Å²) in [5.74, 6) is 0.565. The number of benzene rings is 2. The minimum atomic E-state index is -4.51. The zero-order chi connectivity index (χ0) is 20.1. The summed E-state index contributed by atoms with van der Waals surface area (Å²) < 4.78 is 42.0. The number of nitro benzene ring substituents is 1. The van der Waals surface area contributed by atoms with Crippen molar-refractivity contribution in [2.45, 2.75) is 19.5 Å². The number of hydrogen-bond acceptors (Lipinski definition) is 4. The van der Waals surface area contributed by atoms with E-state index in [1.807, 2.05) is 0 Å². The predicted octanol–water partition coefficient (Wildman–Crippen LogP) is 4.74. The van der Waals surface area contributed by atoms with Gasteiger partial charge in [0.25, 0.3) is 5.69 Å². The lowest BCUT2D eigenvalue weighted by atomic mass is 10.0. The molecule has 3 aromatic rings. The summed E-state index contributed by atoms with van der Waals surface area (Å²) in [6, 6.07) is 9.66. The van der Waals surface area contributed by atoms with Crippen LogP contribution < -0.4 is 5.32 Å². The molecule has 2 aromatic carbocycles. The molecule has 0 fully saturated rings. The lowest BCUT2D eigenvalue weighted by molar-refractivity contribution is -0.384. The highest BCUT2D eigenvalue weighted by Gasteiger charge is 2.36. The number of nitrogens with zero attached hydrogens (tertiary/aromatic N) is 3. The summed E-state index contributed by atoms with van der Waals surface area (Å²) in [5, 5.41) is 18.7. The van der Waals surface area contributed by atoms with Gasteiger partial charge in [-0.3, -0.25) is 10.1 Å². The van der Waals surface area contributed by atoms with Crippen molar-refractivity contribution in [1.29, 1.82) is 0 Å². The fourth-order valence-corrected chi connectivity index (χ4v) is 3.44. The Kier molecular flexibility index (Phi) is 4.10. The van der Waals surface area contributed by atoms with Crippen LogP contribution in [0.4, 0.5) is 24.7 Å². The van der Waals surface area contributed by atoms with Crippen LogP contribution in [0.2, 0.25) is 0 Å². The van der Waals surface area contributed by atoms with Crippen molar-refractivity contribution < 1.29 is 18.1 Å². The van der Waals surface area contributed by atoms with Crippen molar-refractivity contribution in [3.8, 4) is 16.9 Å². The number of aromatic nitrogens is 2. The van der Waals surface area contributed by atoms with E-state index in [0.29, 0.717) is 30.0 Å². The van der Waals surface area contributed by atoms with Crippen LogP contribution in [-0.4, -0.2) is 21.2 Å². The van der Waals surface area contributed by atoms with E-state index in [-0.39, 0.29) is 16.9 Å². The van der Waals surface area contributed by atoms with E-state index in [9.17, 15) is 23.3 Å². The largest absolute Gasteiger partial charge is 0.417 e. The topological polar surface area (TPSA) is 73.0 Å². The van der Waals surface area contributed by atoms with Crippen LogP contribution in [0.15, 0.2) is 42.5 Å². The summed E-state index contributed by atoms with van der Waals surface area (Å²) in [5.41, 5.74) is 1.21. The summed E-state index contributed by atoms with van der Waals surface area (Å²) >= 11 is 0. The second kappa shape index (κ2) is 6.36. The van der Waals surface area contributed by atoms with E-state index in [1.54, 1.807) is 13.0 Å². The first kappa shape index (κ1) is 18.0. The average molecular weight is 388 g/mol. The molecule has 0 radical (unpaired) electrons. The van der Waals surface area contributed by atoms with E-state index < -0.39 is 16.7 Å². The van der Waals surface area contributed by atoms with Gasteiger partial charge in [-0.05, 0) is 25.0 Å². The molecular formula is C19H15F3N4O2. The van der Waals surface area contributed by atoms with Crippen LogP contribution in [0.3, 0.4) is 0 Å². The van der Waals surface area contributed by atoms with Gasteiger partial charge in [0.15, 0.2) is 0 Å². The quantitative estimate of drug-likeness (QED) is 0.519. The van der Waals surface area contributed by atoms with Gasteiger partial charge in [0.05, 0.1) is 21.9 Å². The molecule has 6 nitrogen and oxygen atoms in total. The molecule has 0 unspecified atom stereocenters. The molecule has 0 amide bonds. The molecule has 1 aromatic heterocycles. The third-order valence-corrected chi connectivity index (χ3v) is 4.77. The number of nitrogens with one attached hydrogen (secondary N) is 1. The van der Waals surface area contributed by atoms with Gasteiger partial charge in [0.1, 0.15) is 5.82 Å².